The van der Waals surface area contributed by atoms with Crippen molar-refractivity contribution < 1.29 is 4.74 Å². The maximum atomic E-state index is 5.58. The lowest BCUT2D eigenvalue weighted by atomic mass is 10.1. The van der Waals surface area contributed by atoms with Crippen LogP contribution in [0.25, 0.3) is 0 Å². The van der Waals surface area contributed by atoms with Crippen molar-refractivity contribution in [3.05, 3.63) is 23.5 Å². The summed E-state index contributed by atoms with van der Waals surface area (Å²) in [5, 5.41) is 0. The zero-order valence-electron chi connectivity index (χ0n) is 8.21. The lowest BCUT2D eigenvalue weighted by molar-refractivity contribution is 0.407. The Hall–Kier alpha value is -1.09. The highest BCUT2D eigenvalue weighted by Crippen LogP contribution is 2.17. The van der Waals surface area contributed by atoms with Crippen LogP contribution in [0.15, 0.2) is 12.3 Å². The molecular formula is C10H16N2O. The van der Waals surface area contributed by atoms with E-state index in [9.17, 15) is 0 Å². The van der Waals surface area contributed by atoms with E-state index in [1.165, 1.54) is 0 Å². The van der Waals surface area contributed by atoms with Gasteiger partial charge in [0.25, 0.3) is 0 Å². The van der Waals surface area contributed by atoms with Gasteiger partial charge in [0.05, 0.1) is 13.3 Å². The van der Waals surface area contributed by atoms with E-state index >= 15 is 0 Å². The van der Waals surface area contributed by atoms with Gasteiger partial charge in [0, 0.05) is 17.8 Å². The van der Waals surface area contributed by atoms with Crippen molar-refractivity contribution in [3.8, 4) is 5.75 Å². The Bertz CT molecular complexity index is 274. The van der Waals surface area contributed by atoms with Crippen LogP contribution >= 0.6 is 0 Å². The number of aryl methyl sites for hydroxylation is 1. The van der Waals surface area contributed by atoms with Gasteiger partial charge in [-0.2, -0.15) is 0 Å². The standard InChI is InChI=1S/C10H16N2O/c1-3-4-9-5-8(6-11)10(13-2)7-12-9/h5,7H,3-4,6,11H2,1-2H3. The Kier molecular flexibility index (Phi) is 3.71. The first-order valence-corrected chi connectivity index (χ1v) is 4.53. The Labute approximate surface area is 78.9 Å². The second-order valence-electron chi connectivity index (χ2n) is 2.94. The molecule has 0 spiro atoms. The molecule has 13 heavy (non-hydrogen) atoms. The average Bonchev–Trinajstić information content (AvgIpc) is 2.18. The number of rotatable bonds is 4. The number of hydrogen-bond donors (Lipinski definition) is 1. The van der Waals surface area contributed by atoms with E-state index in [4.69, 9.17) is 10.5 Å². The SMILES string of the molecule is CCCc1cc(CN)c(OC)cn1. The Balaban J connectivity index is 2.91. The Morgan fingerprint density at radius 2 is 2.31 bits per heavy atom. The Morgan fingerprint density at radius 3 is 2.85 bits per heavy atom. The van der Waals surface area contributed by atoms with Gasteiger partial charge < -0.3 is 10.5 Å². The van der Waals surface area contributed by atoms with E-state index in [0.717, 1.165) is 29.8 Å². The lowest BCUT2D eigenvalue weighted by Gasteiger charge is -2.07. The van der Waals surface area contributed by atoms with Crippen LogP contribution in [0.4, 0.5) is 0 Å². The predicted octanol–water partition coefficient (Wildman–Crippen LogP) is 1.50. The third-order valence-electron chi connectivity index (χ3n) is 1.95. The molecule has 0 saturated carbocycles. The van der Waals surface area contributed by atoms with Gasteiger partial charge in [-0.05, 0) is 12.5 Å². The first-order chi connectivity index (χ1) is 6.31. The highest BCUT2D eigenvalue weighted by molar-refractivity contribution is 5.32. The highest BCUT2D eigenvalue weighted by atomic mass is 16.5. The number of ether oxygens (including phenoxy) is 1. The average molecular weight is 180 g/mol. The smallest absolute Gasteiger partial charge is 0.141 e. The quantitative estimate of drug-likeness (QED) is 0.763. The van der Waals surface area contributed by atoms with Crippen LogP contribution in [0.1, 0.15) is 24.6 Å². The van der Waals surface area contributed by atoms with E-state index in [-0.39, 0.29) is 0 Å². The maximum Gasteiger partial charge on any atom is 0.141 e. The first-order valence-electron chi connectivity index (χ1n) is 4.53. The van der Waals surface area contributed by atoms with E-state index in [1.807, 2.05) is 6.07 Å². The molecular weight excluding hydrogens is 164 g/mol. The van der Waals surface area contributed by atoms with Crippen LogP contribution < -0.4 is 10.5 Å². The van der Waals surface area contributed by atoms with E-state index < -0.39 is 0 Å². The lowest BCUT2D eigenvalue weighted by Crippen LogP contribution is -2.02. The van der Waals surface area contributed by atoms with Crippen molar-refractivity contribution in [3.63, 3.8) is 0 Å². The van der Waals surface area contributed by atoms with Crippen LogP contribution in [-0.2, 0) is 13.0 Å². The van der Waals surface area contributed by atoms with Gasteiger partial charge in [-0.15, -0.1) is 0 Å². The summed E-state index contributed by atoms with van der Waals surface area (Å²) in [6.07, 6.45) is 3.84. The molecule has 72 valence electrons. The minimum Gasteiger partial charge on any atom is -0.495 e. The molecule has 0 atom stereocenters. The summed E-state index contributed by atoms with van der Waals surface area (Å²) in [4.78, 5) is 4.27. The topological polar surface area (TPSA) is 48.1 Å². The van der Waals surface area contributed by atoms with Gasteiger partial charge in [-0.3, -0.25) is 4.98 Å². The molecule has 0 fully saturated rings. The maximum absolute atomic E-state index is 5.58. The van der Waals surface area contributed by atoms with Crippen LogP contribution in [-0.4, -0.2) is 12.1 Å². The summed E-state index contributed by atoms with van der Waals surface area (Å²) in [6.45, 7) is 2.64. The van der Waals surface area contributed by atoms with Crippen molar-refractivity contribution in [1.29, 1.82) is 0 Å². The zero-order chi connectivity index (χ0) is 9.68. The molecule has 1 aromatic heterocycles. The molecule has 0 aliphatic carbocycles. The molecule has 0 radical (unpaired) electrons. The third-order valence-corrected chi connectivity index (χ3v) is 1.95. The number of pyridine rings is 1. The van der Waals surface area contributed by atoms with Gasteiger partial charge in [0.15, 0.2) is 0 Å². The van der Waals surface area contributed by atoms with Crippen molar-refractivity contribution in [2.45, 2.75) is 26.3 Å². The van der Waals surface area contributed by atoms with Crippen molar-refractivity contribution in [2.24, 2.45) is 5.73 Å². The first kappa shape index (κ1) is 9.99. The van der Waals surface area contributed by atoms with Gasteiger partial charge >= 0.3 is 0 Å². The van der Waals surface area contributed by atoms with Crippen LogP contribution in [0.3, 0.4) is 0 Å². The second-order valence-corrected chi connectivity index (χ2v) is 2.94. The fraction of sp³-hybridized carbons (Fsp3) is 0.500. The van der Waals surface area contributed by atoms with Gasteiger partial charge in [-0.1, -0.05) is 13.3 Å². The van der Waals surface area contributed by atoms with Gasteiger partial charge in [0.1, 0.15) is 5.75 Å². The van der Waals surface area contributed by atoms with E-state index in [0.29, 0.717) is 6.54 Å². The number of aromatic nitrogens is 1. The van der Waals surface area contributed by atoms with Gasteiger partial charge in [0.2, 0.25) is 0 Å². The van der Waals surface area contributed by atoms with E-state index in [1.54, 1.807) is 13.3 Å². The Morgan fingerprint density at radius 1 is 1.54 bits per heavy atom. The molecule has 1 aromatic rings. The molecule has 2 N–H and O–H groups in total. The summed E-state index contributed by atoms with van der Waals surface area (Å²) in [7, 11) is 1.63. The molecule has 1 heterocycles. The normalized spacial score (nSPS) is 10.1. The summed E-state index contributed by atoms with van der Waals surface area (Å²) >= 11 is 0. The minimum atomic E-state index is 0.502. The molecule has 0 unspecified atom stereocenters. The van der Waals surface area contributed by atoms with Crippen molar-refractivity contribution in [2.75, 3.05) is 7.11 Å². The molecule has 0 aliphatic heterocycles. The largest absolute Gasteiger partial charge is 0.495 e. The molecule has 3 nitrogen and oxygen atoms in total. The predicted molar refractivity (Wildman–Crippen MR) is 52.7 cm³/mol. The third kappa shape index (κ3) is 2.42. The summed E-state index contributed by atoms with van der Waals surface area (Å²) < 4.78 is 5.13. The molecule has 1 rings (SSSR count). The second kappa shape index (κ2) is 4.82. The fourth-order valence-electron chi connectivity index (χ4n) is 1.27. The molecule has 0 saturated heterocycles. The van der Waals surface area contributed by atoms with Crippen molar-refractivity contribution in [1.82, 2.24) is 4.98 Å². The number of hydrogen-bond acceptors (Lipinski definition) is 3. The van der Waals surface area contributed by atoms with Gasteiger partial charge in [-0.25, -0.2) is 0 Å². The van der Waals surface area contributed by atoms with Crippen LogP contribution in [0.2, 0.25) is 0 Å². The number of nitrogens with two attached hydrogens (primary N) is 1. The summed E-state index contributed by atoms with van der Waals surface area (Å²) in [5.41, 5.74) is 7.70. The van der Waals surface area contributed by atoms with Crippen molar-refractivity contribution >= 4 is 0 Å². The summed E-state index contributed by atoms with van der Waals surface area (Å²) in [5.74, 6) is 0.780. The molecule has 0 aromatic carbocycles. The summed E-state index contributed by atoms with van der Waals surface area (Å²) in [6, 6.07) is 2.02. The zero-order valence-corrected chi connectivity index (χ0v) is 8.21. The molecule has 0 bridgehead atoms. The monoisotopic (exact) mass is 180 g/mol. The number of nitrogens with zero attached hydrogens (tertiary/aromatic N) is 1. The minimum absolute atomic E-state index is 0.502. The molecule has 0 amide bonds. The van der Waals surface area contributed by atoms with E-state index in [2.05, 4.69) is 11.9 Å². The van der Waals surface area contributed by atoms with Crippen LogP contribution in [0.5, 0.6) is 5.75 Å². The molecule has 0 aliphatic rings. The molecule has 3 heteroatoms. The fourth-order valence-corrected chi connectivity index (χ4v) is 1.27. The highest BCUT2D eigenvalue weighted by Gasteiger charge is 2.02. The van der Waals surface area contributed by atoms with Crippen LogP contribution in [0, 0.1) is 0 Å². The number of methoxy groups -OCH3 is 1.